The van der Waals surface area contributed by atoms with Crippen LogP contribution in [0.15, 0.2) is 28.7 Å². The van der Waals surface area contributed by atoms with Crippen molar-refractivity contribution in [2.45, 2.75) is 19.4 Å². The lowest BCUT2D eigenvalue weighted by Crippen LogP contribution is -2.41. The zero-order chi connectivity index (χ0) is 12.4. The number of hydrogen-bond acceptors (Lipinski definition) is 2. The van der Waals surface area contributed by atoms with Crippen LogP contribution in [-0.4, -0.2) is 13.6 Å². The molecule has 0 aromatic heterocycles. The highest BCUT2D eigenvalue weighted by Crippen LogP contribution is 2.23. The van der Waals surface area contributed by atoms with Gasteiger partial charge in [0.15, 0.2) is 0 Å². The van der Waals surface area contributed by atoms with E-state index in [4.69, 9.17) is 11.6 Å². The first-order valence-electron chi connectivity index (χ1n) is 4.60. The Bertz CT molecular complexity index is 456. The van der Waals surface area contributed by atoms with Crippen molar-refractivity contribution >= 4 is 37.6 Å². The van der Waals surface area contributed by atoms with Gasteiger partial charge in [0.1, 0.15) is 5.21 Å². The lowest BCUT2D eigenvalue weighted by atomic mass is 9.96. The number of sulfonamides is 1. The fourth-order valence-electron chi connectivity index (χ4n) is 1.34. The van der Waals surface area contributed by atoms with Crippen LogP contribution in [-0.2, 0) is 15.6 Å². The molecule has 0 aliphatic carbocycles. The van der Waals surface area contributed by atoms with Crippen LogP contribution in [0.3, 0.4) is 0 Å². The third-order valence-corrected chi connectivity index (χ3v) is 4.62. The van der Waals surface area contributed by atoms with E-state index in [0.717, 1.165) is 10.0 Å². The van der Waals surface area contributed by atoms with Gasteiger partial charge in [0.05, 0.1) is 5.54 Å². The summed E-state index contributed by atoms with van der Waals surface area (Å²) in [4.78, 5) is 0. The van der Waals surface area contributed by atoms with Crippen molar-refractivity contribution in [3.05, 3.63) is 34.3 Å². The molecule has 90 valence electrons. The van der Waals surface area contributed by atoms with Crippen molar-refractivity contribution in [1.82, 2.24) is 4.72 Å². The highest BCUT2D eigenvalue weighted by atomic mass is 79.9. The highest BCUT2D eigenvalue weighted by Gasteiger charge is 2.25. The summed E-state index contributed by atoms with van der Waals surface area (Å²) >= 11 is 8.68. The van der Waals surface area contributed by atoms with Gasteiger partial charge in [0.25, 0.3) is 0 Å². The summed E-state index contributed by atoms with van der Waals surface area (Å²) in [6.07, 6.45) is 0. The Morgan fingerprint density at radius 2 is 1.81 bits per heavy atom. The zero-order valence-corrected chi connectivity index (χ0v) is 12.2. The van der Waals surface area contributed by atoms with Crippen LogP contribution in [0.2, 0.25) is 0 Å². The second-order valence-electron chi connectivity index (χ2n) is 3.96. The van der Waals surface area contributed by atoms with E-state index >= 15 is 0 Å². The molecule has 0 bridgehead atoms. The van der Waals surface area contributed by atoms with E-state index in [0.29, 0.717) is 0 Å². The number of halogens is 2. The molecule has 0 radical (unpaired) electrons. The van der Waals surface area contributed by atoms with Crippen LogP contribution in [0.4, 0.5) is 0 Å². The minimum Gasteiger partial charge on any atom is -0.211 e. The second-order valence-corrected chi connectivity index (χ2v) is 7.18. The van der Waals surface area contributed by atoms with Gasteiger partial charge in [-0.3, -0.25) is 0 Å². The lowest BCUT2D eigenvalue weighted by molar-refractivity contribution is 0.474. The van der Waals surface area contributed by atoms with Crippen LogP contribution in [0.5, 0.6) is 0 Å². The van der Waals surface area contributed by atoms with E-state index in [1.54, 1.807) is 13.8 Å². The van der Waals surface area contributed by atoms with Gasteiger partial charge in [0, 0.05) is 4.47 Å². The summed E-state index contributed by atoms with van der Waals surface area (Å²) in [7, 11) is -3.43. The van der Waals surface area contributed by atoms with Gasteiger partial charge >= 0.3 is 0 Å². The van der Waals surface area contributed by atoms with Gasteiger partial charge in [-0.05, 0) is 31.5 Å². The summed E-state index contributed by atoms with van der Waals surface area (Å²) in [6.45, 7) is 3.58. The Morgan fingerprint density at radius 1 is 1.31 bits per heavy atom. The maximum atomic E-state index is 11.4. The molecule has 0 fully saturated rings. The monoisotopic (exact) mass is 325 g/mol. The molecular formula is C10H13BrClNO2S. The van der Waals surface area contributed by atoms with E-state index in [9.17, 15) is 8.42 Å². The van der Waals surface area contributed by atoms with Crippen LogP contribution < -0.4 is 4.72 Å². The van der Waals surface area contributed by atoms with Gasteiger partial charge in [0.2, 0.25) is 10.0 Å². The number of benzene rings is 1. The Labute approximate surface area is 109 Å². The van der Waals surface area contributed by atoms with Crippen LogP contribution in [0, 0.1) is 0 Å². The van der Waals surface area contributed by atoms with E-state index in [-0.39, 0.29) is 0 Å². The fourth-order valence-corrected chi connectivity index (χ4v) is 2.72. The Balaban J connectivity index is 2.98. The van der Waals surface area contributed by atoms with Crippen LogP contribution in [0.25, 0.3) is 0 Å². The van der Waals surface area contributed by atoms with Gasteiger partial charge in [-0.25, -0.2) is 13.1 Å². The first kappa shape index (κ1) is 14.0. The molecule has 0 saturated carbocycles. The molecule has 3 nitrogen and oxygen atoms in total. The number of hydrogen-bond donors (Lipinski definition) is 1. The van der Waals surface area contributed by atoms with Crippen LogP contribution >= 0.6 is 27.5 Å². The third-order valence-electron chi connectivity index (χ3n) is 2.12. The summed E-state index contributed by atoms with van der Waals surface area (Å²) in [5.74, 6) is 0. The van der Waals surface area contributed by atoms with E-state index < -0.39 is 20.8 Å². The average molecular weight is 327 g/mol. The lowest BCUT2D eigenvalue weighted by Gasteiger charge is -2.26. The predicted molar refractivity (Wildman–Crippen MR) is 69.9 cm³/mol. The topological polar surface area (TPSA) is 46.2 Å². The van der Waals surface area contributed by atoms with E-state index in [1.807, 2.05) is 24.3 Å². The first-order chi connectivity index (χ1) is 7.27. The Hall–Kier alpha value is -0.100. The Morgan fingerprint density at radius 3 is 2.25 bits per heavy atom. The maximum Gasteiger partial charge on any atom is 0.226 e. The normalized spacial score (nSPS) is 12.8. The minimum atomic E-state index is -3.43. The molecule has 0 spiro atoms. The molecule has 0 unspecified atom stereocenters. The van der Waals surface area contributed by atoms with Crippen molar-refractivity contribution < 1.29 is 8.42 Å². The summed E-state index contributed by atoms with van der Waals surface area (Å²) in [5, 5.41) is -0.438. The highest BCUT2D eigenvalue weighted by molar-refractivity contribution is 9.10. The standard InChI is InChI=1S/C10H13BrClNO2S/c1-10(2,13-16(14,15)7-12)8-3-5-9(11)6-4-8/h3-6,13H,7H2,1-2H3. The van der Waals surface area contributed by atoms with Gasteiger partial charge in [-0.1, -0.05) is 28.1 Å². The molecule has 0 saturated heterocycles. The number of rotatable bonds is 4. The first-order valence-corrected chi connectivity index (χ1v) is 7.58. The van der Waals surface area contributed by atoms with Crippen molar-refractivity contribution in [3.63, 3.8) is 0 Å². The minimum absolute atomic E-state index is 0.438. The van der Waals surface area contributed by atoms with Gasteiger partial charge in [-0.15, -0.1) is 11.6 Å². The maximum absolute atomic E-state index is 11.4. The summed E-state index contributed by atoms with van der Waals surface area (Å²) in [5.41, 5.74) is 0.207. The molecule has 0 amide bonds. The molecule has 1 rings (SSSR count). The SMILES string of the molecule is CC(C)(NS(=O)(=O)CCl)c1ccc(Br)cc1. The molecular weight excluding hydrogens is 314 g/mol. The second kappa shape index (κ2) is 5.04. The van der Waals surface area contributed by atoms with Crippen LogP contribution in [0.1, 0.15) is 19.4 Å². The summed E-state index contributed by atoms with van der Waals surface area (Å²) in [6, 6.07) is 7.46. The molecule has 1 N–H and O–H groups in total. The molecule has 0 heterocycles. The molecule has 1 aromatic rings. The van der Waals surface area contributed by atoms with E-state index in [2.05, 4.69) is 20.7 Å². The molecule has 1 aromatic carbocycles. The smallest absolute Gasteiger partial charge is 0.211 e. The van der Waals surface area contributed by atoms with E-state index in [1.165, 1.54) is 0 Å². The van der Waals surface area contributed by atoms with Crippen molar-refractivity contribution in [2.75, 3.05) is 5.21 Å². The molecule has 0 aliphatic heterocycles. The molecule has 0 atom stereocenters. The van der Waals surface area contributed by atoms with Gasteiger partial charge < -0.3 is 0 Å². The van der Waals surface area contributed by atoms with Gasteiger partial charge in [-0.2, -0.15) is 0 Å². The quantitative estimate of drug-likeness (QED) is 0.865. The summed E-state index contributed by atoms with van der Waals surface area (Å²) < 4.78 is 26.3. The number of alkyl halides is 1. The largest absolute Gasteiger partial charge is 0.226 e. The third kappa shape index (κ3) is 3.73. The zero-order valence-electron chi connectivity index (χ0n) is 9.00. The predicted octanol–water partition coefficient (Wildman–Crippen LogP) is 2.80. The molecule has 16 heavy (non-hydrogen) atoms. The van der Waals surface area contributed by atoms with Crippen molar-refractivity contribution in [1.29, 1.82) is 0 Å². The molecule has 0 aliphatic rings. The fraction of sp³-hybridized carbons (Fsp3) is 0.400. The van der Waals surface area contributed by atoms with Crippen molar-refractivity contribution in [3.8, 4) is 0 Å². The molecule has 6 heteroatoms. The Kier molecular flexibility index (Phi) is 4.40. The van der Waals surface area contributed by atoms with Crippen molar-refractivity contribution in [2.24, 2.45) is 0 Å². The average Bonchev–Trinajstić information content (AvgIpc) is 2.17. The number of nitrogens with one attached hydrogen (secondary N) is 1.